The fraction of sp³-hybridized carbons (Fsp3) is 0. The number of anilines is 1. The third-order valence-electron chi connectivity index (χ3n) is 1.84. The fourth-order valence-corrected chi connectivity index (χ4v) is 1.21. The molecule has 1 aromatic heterocycles. The summed E-state index contributed by atoms with van der Waals surface area (Å²) in [6.45, 7) is 0. The van der Waals surface area contributed by atoms with Gasteiger partial charge in [0.1, 0.15) is 0 Å². The Kier molecular flexibility index (Phi) is 2.45. The van der Waals surface area contributed by atoms with Gasteiger partial charge in [0.2, 0.25) is 0 Å². The predicted molar refractivity (Wildman–Crippen MR) is 54.7 cm³/mol. The molecule has 0 fully saturated rings. The molecule has 1 heterocycles. The number of nitrogens with zero attached hydrogens (tertiary/aromatic N) is 1. The van der Waals surface area contributed by atoms with Gasteiger partial charge in [-0.1, -0.05) is 0 Å². The average Bonchev–Trinajstić information content (AvgIpc) is 2.47. The van der Waals surface area contributed by atoms with Crippen LogP contribution in [0.3, 0.4) is 0 Å². The van der Waals surface area contributed by atoms with Gasteiger partial charge in [0.25, 0.3) is 0 Å². The molecular formula is C9H8ClN3. The number of rotatable bonds is 0. The number of hydrogen-bond donors (Lipinski definition) is 2. The highest BCUT2D eigenvalue weighted by molar-refractivity contribution is 5.91. The van der Waals surface area contributed by atoms with Gasteiger partial charge in [0.05, 0.1) is 17.3 Å². The molecule has 0 bridgehead atoms. The van der Waals surface area contributed by atoms with Gasteiger partial charge in [-0.2, -0.15) is 5.26 Å². The van der Waals surface area contributed by atoms with E-state index in [1.807, 2.05) is 6.07 Å². The Labute approximate surface area is 81.6 Å². The number of nitrogens with one attached hydrogen (secondary N) is 1. The Morgan fingerprint density at radius 3 is 2.85 bits per heavy atom. The molecule has 0 saturated carbocycles. The maximum Gasteiger partial charge on any atom is 0.0991 e. The molecule has 0 atom stereocenters. The number of hydrogen-bond acceptors (Lipinski definition) is 2. The third kappa shape index (κ3) is 1.44. The molecule has 0 spiro atoms. The lowest BCUT2D eigenvalue weighted by Gasteiger charge is -1.91. The van der Waals surface area contributed by atoms with E-state index < -0.39 is 0 Å². The maximum atomic E-state index is 8.62. The zero-order valence-corrected chi connectivity index (χ0v) is 7.56. The highest BCUT2D eigenvalue weighted by Gasteiger charge is 1.99. The van der Waals surface area contributed by atoms with Gasteiger partial charge < -0.3 is 10.7 Å². The van der Waals surface area contributed by atoms with Gasteiger partial charge in [-0.25, -0.2) is 0 Å². The van der Waals surface area contributed by atoms with E-state index in [0.717, 1.165) is 10.9 Å². The lowest BCUT2D eigenvalue weighted by atomic mass is 10.1. The summed E-state index contributed by atoms with van der Waals surface area (Å²) >= 11 is 0. The van der Waals surface area contributed by atoms with Crippen molar-refractivity contribution in [1.29, 1.82) is 5.26 Å². The Hall–Kier alpha value is -1.66. The molecule has 0 aliphatic carbocycles. The van der Waals surface area contributed by atoms with Crippen LogP contribution in [0.2, 0.25) is 0 Å². The van der Waals surface area contributed by atoms with Crippen LogP contribution in [-0.2, 0) is 0 Å². The van der Waals surface area contributed by atoms with E-state index in [-0.39, 0.29) is 12.4 Å². The topological polar surface area (TPSA) is 65.6 Å². The minimum Gasteiger partial charge on any atom is -0.397 e. The first-order valence-electron chi connectivity index (χ1n) is 3.58. The molecule has 2 rings (SSSR count). The molecule has 3 nitrogen and oxygen atoms in total. The number of aromatic nitrogens is 1. The van der Waals surface area contributed by atoms with Crippen LogP contribution in [-0.4, -0.2) is 4.98 Å². The second-order valence-electron chi connectivity index (χ2n) is 2.62. The van der Waals surface area contributed by atoms with Crippen LogP contribution in [0.25, 0.3) is 10.9 Å². The van der Waals surface area contributed by atoms with Gasteiger partial charge in [0.15, 0.2) is 0 Å². The van der Waals surface area contributed by atoms with Gasteiger partial charge in [0, 0.05) is 17.1 Å². The molecule has 4 heteroatoms. The first kappa shape index (κ1) is 9.43. The van der Waals surface area contributed by atoms with Crippen LogP contribution in [0.4, 0.5) is 5.69 Å². The predicted octanol–water partition coefficient (Wildman–Crippen LogP) is 2.04. The van der Waals surface area contributed by atoms with Crippen LogP contribution in [0.15, 0.2) is 24.4 Å². The third-order valence-corrected chi connectivity index (χ3v) is 1.84. The minimum absolute atomic E-state index is 0. The number of nitrogens with two attached hydrogens (primary N) is 1. The van der Waals surface area contributed by atoms with E-state index in [4.69, 9.17) is 11.0 Å². The number of nitriles is 1. The Morgan fingerprint density at radius 2 is 2.15 bits per heavy atom. The number of nitrogen functional groups attached to an aromatic ring is 1. The lowest BCUT2D eigenvalue weighted by Crippen LogP contribution is -1.80. The summed E-state index contributed by atoms with van der Waals surface area (Å²) in [4.78, 5) is 3.00. The summed E-state index contributed by atoms with van der Waals surface area (Å²) in [7, 11) is 0. The van der Waals surface area contributed by atoms with E-state index in [9.17, 15) is 0 Å². The summed E-state index contributed by atoms with van der Waals surface area (Å²) in [5.74, 6) is 0. The van der Waals surface area contributed by atoms with Crippen LogP contribution in [0.5, 0.6) is 0 Å². The molecule has 0 aliphatic heterocycles. The van der Waals surface area contributed by atoms with Gasteiger partial charge >= 0.3 is 0 Å². The smallest absolute Gasteiger partial charge is 0.0991 e. The standard InChI is InChI=1S/C9H7N3.ClH/c10-4-6-1-2-9-7(3-6)8(11)5-12-9;/h1-3,5,12H,11H2;1H. The van der Waals surface area contributed by atoms with E-state index in [2.05, 4.69) is 11.1 Å². The van der Waals surface area contributed by atoms with Crippen LogP contribution in [0, 0.1) is 11.3 Å². The van der Waals surface area contributed by atoms with Crippen LogP contribution in [0.1, 0.15) is 5.56 Å². The SMILES string of the molecule is Cl.N#Cc1ccc2[nH]cc(N)c2c1. The summed E-state index contributed by atoms with van der Waals surface area (Å²) in [5, 5.41) is 9.54. The van der Waals surface area contributed by atoms with E-state index in [1.165, 1.54) is 0 Å². The fourth-order valence-electron chi connectivity index (χ4n) is 1.21. The number of fused-ring (bicyclic) bond motifs is 1. The normalized spacial score (nSPS) is 9.15. The molecule has 66 valence electrons. The first-order valence-corrected chi connectivity index (χ1v) is 3.58. The number of aromatic amines is 1. The average molecular weight is 194 g/mol. The number of halogens is 1. The molecule has 0 aliphatic rings. The molecule has 0 radical (unpaired) electrons. The molecular weight excluding hydrogens is 186 g/mol. The van der Waals surface area contributed by atoms with E-state index in [0.29, 0.717) is 11.3 Å². The van der Waals surface area contributed by atoms with Crippen LogP contribution < -0.4 is 5.73 Å². The number of H-pyrrole nitrogens is 1. The quantitative estimate of drug-likeness (QED) is 0.673. The molecule has 3 N–H and O–H groups in total. The second kappa shape index (κ2) is 3.38. The molecule has 2 aromatic rings. The van der Waals surface area contributed by atoms with Crippen molar-refractivity contribution in [1.82, 2.24) is 4.98 Å². The van der Waals surface area contributed by atoms with Crippen LogP contribution >= 0.6 is 12.4 Å². The monoisotopic (exact) mass is 193 g/mol. The largest absolute Gasteiger partial charge is 0.397 e. The zero-order chi connectivity index (χ0) is 8.55. The highest BCUT2D eigenvalue weighted by atomic mass is 35.5. The van der Waals surface area contributed by atoms with Gasteiger partial charge in [-0.05, 0) is 18.2 Å². The summed E-state index contributed by atoms with van der Waals surface area (Å²) in [6, 6.07) is 7.46. The maximum absolute atomic E-state index is 8.62. The van der Waals surface area contributed by atoms with Crippen molar-refractivity contribution < 1.29 is 0 Å². The van der Waals surface area contributed by atoms with Crippen molar-refractivity contribution in [3.8, 4) is 6.07 Å². The van der Waals surface area contributed by atoms with Crippen molar-refractivity contribution in [3.63, 3.8) is 0 Å². The number of benzene rings is 1. The van der Waals surface area contributed by atoms with E-state index >= 15 is 0 Å². The van der Waals surface area contributed by atoms with Crippen molar-refractivity contribution in [2.24, 2.45) is 0 Å². The second-order valence-corrected chi connectivity index (χ2v) is 2.62. The first-order chi connectivity index (χ1) is 5.81. The summed E-state index contributed by atoms with van der Waals surface area (Å²) in [5.41, 5.74) is 7.94. The zero-order valence-electron chi connectivity index (χ0n) is 6.74. The minimum atomic E-state index is 0. The van der Waals surface area contributed by atoms with Crippen molar-refractivity contribution in [3.05, 3.63) is 30.0 Å². The van der Waals surface area contributed by atoms with Crippen molar-refractivity contribution >= 4 is 29.0 Å². The molecule has 13 heavy (non-hydrogen) atoms. The lowest BCUT2D eigenvalue weighted by molar-refractivity contribution is 1.47. The molecule has 0 unspecified atom stereocenters. The van der Waals surface area contributed by atoms with Gasteiger partial charge in [-0.3, -0.25) is 0 Å². The Bertz CT molecular complexity index is 467. The molecule has 0 amide bonds. The van der Waals surface area contributed by atoms with Gasteiger partial charge in [-0.15, -0.1) is 12.4 Å². The Morgan fingerprint density at radius 1 is 1.38 bits per heavy atom. The molecule has 1 aromatic carbocycles. The molecule has 0 saturated heterocycles. The summed E-state index contributed by atoms with van der Waals surface area (Å²) in [6.07, 6.45) is 1.73. The van der Waals surface area contributed by atoms with Crippen molar-refractivity contribution in [2.45, 2.75) is 0 Å². The summed E-state index contributed by atoms with van der Waals surface area (Å²) < 4.78 is 0. The van der Waals surface area contributed by atoms with E-state index in [1.54, 1.807) is 18.3 Å². The highest BCUT2D eigenvalue weighted by Crippen LogP contribution is 2.20. The Balaban J connectivity index is 0.000000845. The van der Waals surface area contributed by atoms with Crippen molar-refractivity contribution in [2.75, 3.05) is 5.73 Å².